The number of rotatable bonds is 5. The molecular weight excluding hydrogens is 407 g/mol. The Balaban J connectivity index is 2.05. The lowest BCUT2D eigenvalue weighted by Crippen LogP contribution is -2.23. The fraction of sp³-hybridized carbons (Fsp3) is 0.125. The van der Waals surface area contributed by atoms with Crippen LogP contribution >= 0.6 is 11.6 Å². The summed E-state index contributed by atoms with van der Waals surface area (Å²) in [5.41, 5.74) is 2.96. The highest BCUT2D eigenvalue weighted by Gasteiger charge is 2.34. The minimum atomic E-state index is -4.77. The van der Waals surface area contributed by atoms with Crippen LogP contribution in [0.15, 0.2) is 36.4 Å². The van der Waals surface area contributed by atoms with Crippen molar-refractivity contribution in [3.8, 4) is 0 Å². The summed E-state index contributed by atoms with van der Waals surface area (Å²) >= 11 is 5.54. The highest BCUT2D eigenvalue weighted by atomic mass is 35.5. The van der Waals surface area contributed by atoms with Crippen molar-refractivity contribution in [3.63, 3.8) is 0 Å². The monoisotopic (exact) mass is 417 g/mol. The molecule has 0 saturated carbocycles. The summed E-state index contributed by atoms with van der Waals surface area (Å²) < 4.78 is 43.7. The Morgan fingerprint density at radius 1 is 1.21 bits per heavy atom. The fourth-order valence-electron chi connectivity index (χ4n) is 2.10. The van der Waals surface area contributed by atoms with E-state index in [4.69, 9.17) is 17.3 Å². The summed E-state index contributed by atoms with van der Waals surface area (Å²) in [5, 5.41) is 12.4. The Hall–Kier alpha value is -3.34. The van der Waals surface area contributed by atoms with Gasteiger partial charge in [-0.1, -0.05) is 11.6 Å². The largest absolute Gasteiger partial charge is 0.452 e. The van der Waals surface area contributed by atoms with E-state index in [1.807, 2.05) is 5.32 Å². The van der Waals surface area contributed by atoms with E-state index in [1.165, 1.54) is 0 Å². The zero-order valence-corrected chi connectivity index (χ0v) is 14.5. The highest BCUT2D eigenvalue weighted by molar-refractivity contribution is 6.30. The molecule has 2 aromatic carbocycles. The molecule has 12 heteroatoms. The Kier molecular flexibility index (Phi) is 6.09. The van der Waals surface area contributed by atoms with Crippen LogP contribution < -0.4 is 11.1 Å². The van der Waals surface area contributed by atoms with Gasteiger partial charge in [-0.15, -0.1) is 0 Å². The number of ether oxygens (including phenoxy) is 1. The van der Waals surface area contributed by atoms with Crippen molar-refractivity contribution >= 4 is 40.5 Å². The standard InChI is InChI=1S/C16H11ClF3N3O5/c17-8-1-4-13(11(5-8)16(18,19)20)22-14(24)7-28-15(25)10-3-2-9(23(26)27)6-12(10)21/h1-6H,7,21H2,(H,22,24). The Bertz CT molecular complexity index is 950. The van der Waals surface area contributed by atoms with E-state index in [2.05, 4.69) is 4.74 Å². The van der Waals surface area contributed by atoms with E-state index in [9.17, 15) is 32.9 Å². The van der Waals surface area contributed by atoms with Crippen molar-refractivity contribution in [3.05, 3.63) is 62.7 Å². The maximum Gasteiger partial charge on any atom is 0.418 e. The van der Waals surface area contributed by atoms with E-state index in [1.54, 1.807) is 0 Å². The second-order valence-electron chi connectivity index (χ2n) is 5.34. The van der Waals surface area contributed by atoms with Crippen LogP contribution in [0.1, 0.15) is 15.9 Å². The third-order valence-corrected chi connectivity index (χ3v) is 3.60. The molecular formula is C16H11ClF3N3O5. The number of carbonyl (C=O) groups excluding carboxylic acids is 2. The fourth-order valence-corrected chi connectivity index (χ4v) is 2.28. The number of hydrogen-bond acceptors (Lipinski definition) is 6. The molecule has 0 unspecified atom stereocenters. The minimum absolute atomic E-state index is 0.176. The van der Waals surface area contributed by atoms with Gasteiger partial charge in [-0.05, 0) is 24.3 Å². The third kappa shape index (κ3) is 5.10. The summed E-state index contributed by atoms with van der Waals surface area (Å²) in [6.07, 6.45) is -4.77. The lowest BCUT2D eigenvalue weighted by molar-refractivity contribution is -0.384. The van der Waals surface area contributed by atoms with Gasteiger partial charge in [0.2, 0.25) is 0 Å². The predicted molar refractivity (Wildman–Crippen MR) is 92.9 cm³/mol. The number of hydrogen-bond donors (Lipinski definition) is 2. The number of nitro benzene ring substituents is 1. The molecule has 8 nitrogen and oxygen atoms in total. The van der Waals surface area contributed by atoms with Gasteiger partial charge in [0, 0.05) is 17.2 Å². The van der Waals surface area contributed by atoms with E-state index < -0.39 is 40.8 Å². The molecule has 2 aromatic rings. The van der Waals surface area contributed by atoms with Crippen LogP contribution in [-0.2, 0) is 15.7 Å². The number of amides is 1. The molecule has 148 valence electrons. The number of non-ortho nitro benzene ring substituents is 1. The molecule has 0 heterocycles. The number of nitro groups is 1. The van der Waals surface area contributed by atoms with Crippen LogP contribution in [0.3, 0.4) is 0 Å². The SMILES string of the molecule is Nc1cc([N+](=O)[O-])ccc1C(=O)OCC(=O)Nc1ccc(Cl)cc1C(F)(F)F. The smallest absolute Gasteiger partial charge is 0.418 e. The molecule has 0 aliphatic carbocycles. The minimum Gasteiger partial charge on any atom is -0.452 e. The number of esters is 1. The molecule has 0 spiro atoms. The van der Waals surface area contributed by atoms with Gasteiger partial charge in [-0.3, -0.25) is 14.9 Å². The van der Waals surface area contributed by atoms with Crippen LogP contribution in [0.2, 0.25) is 5.02 Å². The molecule has 1 amide bonds. The molecule has 3 N–H and O–H groups in total. The maximum atomic E-state index is 13.0. The number of nitrogens with two attached hydrogens (primary N) is 1. The van der Waals surface area contributed by atoms with Gasteiger partial charge in [0.25, 0.3) is 11.6 Å². The molecule has 0 aliphatic heterocycles. The molecule has 0 saturated heterocycles. The zero-order valence-electron chi connectivity index (χ0n) is 13.7. The topological polar surface area (TPSA) is 125 Å². The van der Waals surface area contributed by atoms with Crippen molar-refractivity contribution in [2.24, 2.45) is 0 Å². The number of nitrogen functional groups attached to an aromatic ring is 1. The number of benzene rings is 2. The van der Waals surface area contributed by atoms with Crippen molar-refractivity contribution in [1.82, 2.24) is 0 Å². The molecule has 28 heavy (non-hydrogen) atoms. The molecule has 0 aromatic heterocycles. The highest BCUT2D eigenvalue weighted by Crippen LogP contribution is 2.36. The Labute approximate surface area is 160 Å². The van der Waals surface area contributed by atoms with Gasteiger partial charge in [0.15, 0.2) is 6.61 Å². The predicted octanol–water partition coefficient (Wildman–Crippen LogP) is 3.64. The van der Waals surface area contributed by atoms with Crippen LogP contribution in [0.5, 0.6) is 0 Å². The lowest BCUT2D eigenvalue weighted by Gasteiger charge is -2.14. The summed E-state index contributed by atoms with van der Waals surface area (Å²) in [6, 6.07) is 5.72. The van der Waals surface area contributed by atoms with Crippen molar-refractivity contribution in [1.29, 1.82) is 0 Å². The number of halogens is 4. The van der Waals surface area contributed by atoms with E-state index in [-0.39, 0.29) is 22.0 Å². The molecule has 0 bridgehead atoms. The summed E-state index contributed by atoms with van der Waals surface area (Å²) in [4.78, 5) is 33.7. The van der Waals surface area contributed by atoms with Gasteiger partial charge in [0.1, 0.15) is 0 Å². The Morgan fingerprint density at radius 3 is 2.46 bits per heavy atom. The van der Waals surface area contributed by atoms with Crippen molar-refractivity contribution in [2.75, 3.05) is 17.7 Å². The number of anilines is 2. The molecule has 0 fully saturated rings. The quantitative estimate of drug-likeness (QED) is 0.331. The first kappa shape index (κ1) is 21.0. The van der Waals surface area contributed by atoms with Gasteiger partial charge >= 0.3 is 12.1 Å². The first-order valence-corrected chi connectivity index (χ1v) is 7.74. The second-order valence-corrected chi connectivity index (χ2v) is 5.78. The van der Waals surface area contributed by atoms with Crippen molar-refractivity contribution in [2.45, 2.75) is 6.18 Å². The number of nitrogens with one attached hydrogen (secondary N) is 1. The second kappa shape index (κ2) is 8.13. The number of alkyl halides is 3. The van der Waals surface area contributed by atoms with Gasteiger partial charge in [0.05, 0.1) is 27.4 Å². The van der Waals surface area contributed by atoms with Gasteiger partial charge in [-0.25, -0.2) is 4.79 Å². The van der Waals surface area contributed by atoms with Crippen molar-refractivity contribution < 1.29 is 32.4 Å². The van der Waals surface area contributed by atoms with Gasteiger partial charge < -0.3 is 15.8 Å². The molecule has 2 rings (SSSR count). The first-order chi connectivity index (χ1) is 13.0. The first-order valence-electron chi connectivity index (χ1n) is 7.36. The average molecular weight is 418 g/mol. The summed E-state index contributed by atoms with van der Waals surface area (Å²) in [7, 11) is 0. The zero-order chi connectivity index (χ0) is 21.1. The number of nitrogens with zero attached hydrogens (tertiary/aromatic N) is 1. The maximum absolute atomic E-state index is 13.0. The molecule has 0 aliphatic rings. The van der Waals surface area contributed by atoms with E-state index in [0.717, 1.165) is 30.3 Å². The number of carbonyl (C=O) groups is 2. The molecule has 0 atom stereocenters. The van der Waals surface area contributed by atoms with Crippen LogP contribution in [-0.4, -0.2) is 23.4 Å². The van der Waals surface area contributed by atoms with Gasteiger partial charge in [-0.2, -0.15) is 13.2 Å². The summed E-state index contributed by atoms with van der Waals surface area (Å²) in [6.45, 7) is -0.908. The van der Waals surface area contributed by atoms with Crippen LogP contribution in [0, 0.1) is 10.1 Å². The average Bonchev–Trinajstić information content (AvgIpc) is 2.60. The lowest BCUT2D eigenvalue weighted by atomic mass is 10.1. The normalized spacial score (nSPS) is 11.0. The molecule has 0 radical (unpaired) electrons. The third-order valence-electron chi connectivity index (χ3n) is 3.36. The van der Waals surface area contributed by atoms with E-state index in [0.29, 0.717) is 6.07 Å². The van der Waals surface area contributed by atoms with Crippen LogP contribution in [0.25, 0.3) is 0 Å². The van der Waals surface area contributed by atoms with E-state index >= 15 is 0 Å². The van der Waals surface area contributed by atoms with Crippen LogP contribution in [0.4, 0.5) is 30.2 Å². The summed E-state index contributed by atoms with van der Waals surface area (Å²) in [5.74, 6) is -2.11. The Morgan fingerprint density at radius 2 is 1.89 bits per heavy atom.